The SMILES string of the molecule is Cc1cc(NC(=O)C(C)(C)C)sc1C(=O)NC1CC2CCC1(C)C2(C)C. The molecular formula is C21H32N2O2S. The number of amides is 2. The van der Waals surface area contributed by atoms with E-state index in [2.05, 4.69) is 31.4 Å². The number of anilines is 1. The standard InChI is InChI=1S/C21H32N2O2S/c1-12-10-15(23-18(25)19(2,3)4)26-16(12)17(24)22-14-11-13-8-9-21(14,7)20(13,5)6/h10,13-14H,8-9,11H2,1-7H3,(H,22,24)(H,23,25). The van der Waals surface area contributed by atoms with Gasteiger partial charge in [0.15, 0.2) is 0 Å². The lowest BCUT2D eigenvalue weighted by Crippen LogP contribution is -2.46. The van der Waals surface area contributed by atoms with E-state index in [1.807, 2.05) is 33.8 Å². The molecule has 0 aliphatic heterocycles. The minimum atomic E-state index is -0.455. The van der Waals surface area contributed by atoms with Crippen LogP contribution in [0.3, 0.4) is 0 Å². The molecule has 1 heterocycles. The zero-order chi connectivity index (χ0) is 19.5. The molecule has 5 heteroatoms. The lowest BCUT2D eigenvalue weighted by molar-refractivity contribution is -0.123. The molecule has 0 radical (unpaired) electrons. The van der Waals surface area contributed by atoms with Crippen molar-refractivity contribution in [2.75, 3.05) is 5.32 Å². The van der Waals surface area contributed by atoms with Crippen molar-refractivity contribution in [3.8, 4) is 0 Å². The maximum absolute atomic E-state index is 12.9. The van der Waals surface area contributed by atoms with Crippen molar-refractivity contribution < 1.29 is 9.59 Å². The summed E-state index contributed by atoms with van der Waals surface area (Å²) in [4.78, 5) is 25.8. The summed E-state index contributed by atoms with van der Waals surface area (Å²) >= 11 is 1.37. The van der Waals surface area contributed by atoms with Gasteiger partial charge in [-0.2, -0.15) is 0 Å². The van der Waals surface area contributed by atoms with Crippen molar-refractivity contribution in [3.63, 3.8) is 0 Å². The van der Waals surface area contributed by atoms with Gasteiger partial charge in [0.2, 0.25) is 5.91 Å². The monoisotopic (exact) mass is 376 g/mol. The number of rotatable bonds is 3. The van der Waals surface area contributed by atoms with Crippen molar-refractivity contribution in [1.29, 1.82) is 0 Å². The summed E-state index contributed by atoms with van der Waals surface area (Å²) in [5.41, 5.74) is 0.913. The number of fused-ring (bicyclic) bond motifs is 2. The van der Waals surface area contributed by atoms with Crippen molar-refractivity contribution >= 4 is 28.2 Å². The first-order valence-electron chi connectivity index (χ1n) is 9.59. The number of aryl methyl sites for hydroxylation is 1. The largest absolute Gasteiger partial charge is 0.348 e. The Morgan fingerprint density at radius 3 is 2.38 bits per heavy atom. The van der Waals surface area contributed by atoms with Crippen LogP contribution in [0.5, 0.6) is 0 Å². The fraction of sp³-hybridized carbons (Fsp3) is 0.714. The highest BCUT2D eigenvalue weighted by molar-refractivity contribution is 7.18. The van der Waals surface area contributed by atoms with E-state index in [0.717, 1.165) is 17.0 Å². The highest BCUT2D eigenvalue weighted by Crippen LogP contribution is 2.65. The summed E-state index contributed by atoms with van der Waals surface area (Å²) in [7, 11) is 0. The normalized spacial score (nSPS) is 29.7. The summed E-state index contributed by atoms with van der Waals surface area (Å²) in [5, 5.41) is 7.00. The van der Waals surface area contributed by atoms with Crippen molar-refractivity contribution in [3.05, 3.63) is 16.5 Å². The molecule has 2 saturated carbocycles. The summed E-state index contributed by atoms with van der Waals surface area (Å²) in [6.45, 7) is 14.6. The number of hydrogen-bond acceptors (Lipinski definition) is 3. The van der Waals surface area contributed by atoms with Gasteiger partial charge < -0.3 is 10.6 Å². The first kappa shape index (κ1) is 19.4. The predicted octanol–water partition coefficient (Wildman–Crippen LogP) is 4.99. The molecule has 2 N–H and O–H groups in total. The Morgan fingerprint density at radius 2 is 1.88 bits per heavy atom. The second-order valence-electron chi connectivity index (χ2n) is 9.96. The zero-order valence-electron chi connectivity index (χ0n) is 17.1. The van der Waals surface area contributed by atoms with E-state index in [1.165, 1.54) is 24.2 Å². The van der Waals surface area contributed by atoms with E-state index in [9.17, 15) is 9.59 Å². The van der Waals surface area contributed by atoms with Crippen LogP contribution in [-0.2, 0) is 4.79 Å². The van der Waals surface area contributed by atoms with Gasteiger partial charge in [-0.05, 0) is 54.6 Å². The van der Waals surface area contributed by atoms with Crippen LogP contribution in [0, 0.1) is 29.1 Å². The van der Waals surface area contributed by atoms with Gasteiger partial charge in [-0.25, -0.2) is 0 Å². The number of thiophene rings is 1. The Hall–Kier alpha value is -1.36. The molecule has 2 aliphatic rings. The molecule has 0 saturated heterocycles. The van der Waals surface area contributed by atoms with Crippen LogP contribution in [0.25, 0.3) is 0 Å². The number of hydrogen-bond donors (Lipinski definition) is 2. The van der Waals surface area contributed by atoms with Crippen LogP contribution < -0.4 is 10.6 Å². The average Bonchev–Trinajstić information content (AvgIpc) is 3.04. The van der Waals surface area contributed by atoms with E-state index < -0.39 is 5.41 Å². The second-order valence-corrected chi connectivity index (χ2v) is 11.0. The molecule has 2 fully saturated rings. The molecule has 26 heavy (non-hydrogen) atoms. The number of carbonyl (C=O) groups is 2. The highest BCUT2D eigenvalue weighted by Gasteiger charge is 2.61. The molecule has 1 aromatic heterocycles. The van der Waals surface area contributed by atoms with Crippen molar-refractivity contribution in [2.24, 2.45) is 22.2 Å². The van der Waals surface area contributed by atoms with Crippen LogP contribution in [0.15, 0.2) is 6.07 Å². The molecule has 2 aliphatic carbocycles. The van der Waals surface area contributed by atoms with Gasteiger partial charge in [-0.15, -0.1) is 11.3 Å². The number of carbonyl (C=O) groups excluding carboxylic acids is 2. The molecular weight excluding hydrogens is 344 g/mol. The van der Waals surface area contributed by atoms with Gasteiger partial charge in [-0.1, -0.05) is 41.5 Å². The number of nitrogens with one attached hydrogen (secondary N) is 2. The van der Waals surface area contributed by atoms with Gasteiger partial charge in [0, 0.05) is 11.5 Å². The van der Waals surface area contributed by atoms with Gasteiger partial charge in [-0.3, -0.25) is 9.59 Å². The second kappa shape index (κ2) is 6.08. The Balaban J connectivity index is 1.73. The molecule has 0 aromatic carbocycles. The maximum Gasteiger partial charge on any atom is 0.261 e. The summed E-state index contributed by atoms with van der Waals surface area (Å²) in [5.74, 6) is 0.662. The molecule has 3 atom stereocenters. The van der Waals surface area contributed by atoms with Gasteiger partial charge in [0.1, 0.15) is 0 Å². The van der Waals surface area contributed by atoms with Crippen molar-refractivity contribution in [1.82, 2.24) is 5.32 Å². The third kappa shape index (κ3) is 2.98. The summed E-state index contributed by atoms with van der Waals surface area (Å²) < 4.78 is 0. The highest BCUT2D eigenvalue weighted by atomic mass is 32.1. The maximum atomic E-state index is 12.9. The molecule has 4 nitrogen and oxygen atoms in total. The van der Waals surface area contributed by atoms with Crippen LogP contribution in [0.1, 0.15) is 76.0 Å². The first-order chi connectivity index (χ1) is 11.9. The molecule has 0 spiro atoms. The molecule has 3 unspecified atom stereocenters. The van der Waals surface area contributed by atoms with E-state index in [-0.39, 0.29) is 28.7 Å². The third-order valence-electron chi connectivity index (χ3n) is 7.14. The van der Waals surface area contributed by atoms with E-state index in [4.69, 9.17) is 0 Å². The minimum Gasteiger partial charge on any atom is -0.348 e. The lowest BCUT2D eigenvalue weighted by Gasteiger charge is -2.39. The van der Waals surface area contributed by atoms with Gasteiger partial charge in [0.05, 0.1) is 9.88 Å². The fourth-order valence-corrected chi connectivity index (χ4v) is 5.69. The minimum absolute atomic E-state index is 0.00154. The topological polar surface area (TPSA) is 58.2 Å². The van der Waals surface area contributed by atoms with E-state index in [1.54, 1.807) is 0 Å². The Labute approximate surface area is 161 Å². The smallest absolute Gasteiger partial charge is 0.261 e. The quantitative estimate of drug-likeness (QED) is 0.781. The molecule has 2 bridgehead atoms. The van der Waals surface area contributed by atoms with Gasteiger partial charge >= 0.3 is 0 Å². The Kier molecular flexibility index (Phi) is 4.54. The Morgan fingerprint density at radius 1 is 1.23 bits per heavy atom. The lowest BCUT2D eigenvalue weighted by atomic mass is 9.69. The van der Waals surface area contributed by atoms with E-state index >= 15 is 0 Å². The van der Waals surface area contributed by atoms with Crippen LogP contribution in [-0.4, -0.2) is 17.9 Å². The average molecular weight is 377 g/mol. The van der Waals surface area contributed by atoms with Crippen molar-refractivity contribution in [2.45, 2.75) is 73.8 Å². The van der Waals surface area contributed by atoms with Crippen LogP contribution in [0.4, 0.5) is 5.00 Å². The molecule has 2 amide bonds. The van der Waals surface area contributed by atoms with Gasteiger partial charge in [0.25, 0.3) is 5.91 Å². The van der Waals surface area contributed by atoms with Crippen LogP contribution >= 0.6 is 11.3 Å². The van der Waals surface area contributed by atoms with Crippen LogP contribution in [0.2, 0.25) is 0 Å². The first-order valence-corrected chi connectivity index (χ1v) is 10.4. The van der Waals surface area contributed by atoms with E-state index in [0.29, 0.717) is 10.8 Å². The molecule has 144 valence electrons. The summed E-state index contributed by atoms with van der Waals surface area (Å²) in [6, 6.07) is 2.13. The zero-order valence-corrected chi connectivity index (χ0v) is 17.9. The summed E-state index contributed by atoms with van der Waals surface area (Å²) in [6.07, 6.45) is 3.54. The predicted molar refractivity (Wildman–Crippen MR) is 108 cm³/mol. The fourth-order valence-electron chi connectivity index (χ4n) is 4.71. The third-order valence-corrected chi connectivity index (χ3v) is 8.29. The molecule has 3 rings (SSSR count). The Bertz CT molecular complexity index is 744. The molecule has 1 aromatic rings.